The minimum atomic E-state index is -0.330. The van der Waals surface area contributed by atoms with Gasteiger partial charge < -0.3 is 0 Å². The molecule has 132 valence electrons. The van der Waals surface area contributed by atoms with E-state index < -0.39 is 0 Å². The summed E-state index contributed by atoms with van der Waals surface area (Å²) in [4.78, 5) is 25.8. The van der Waals surface area contributed by atoms with E-state index in [2.05, 4.69) is 10.9 Å². The molecule has 1 heterocycles. The Bertz CT molecular complexity index is 895. The lowest BCUT2D eigenvalue weighted by Gasteiger charge is -2.08. The second kappa shape index (κ2) is 8.89. The molecule has 0 saturated carbocycles. The third kappa shape index (κ3) is 4.88. The average molecular weight is 403 g/mol. The first kappa shape index (κ1) is 18.5. The summed E-state index contributed by atoms with van der Waals surface area (Å²) in [5.41, 5.74) is 6.74. The van der Waals surface area contributed by atoms with Gasteiger partial charge in [0, 0.05) is 15.5 Å². The van der Waals surface area contributed by atoms with Gasteiger partial charge in [-0.15, -0.1) is 23.1 Å². The Balaban J connectivity index is 1.53. The highest BCUT2D eigenvalue weighted by molar-refractivity contribution is 8.00. The molecule has 2 amide bonds. The summed E-state index contributed by atoms with van der Waals surface area (Å²) < 4.78 is 0. The third-order valence-electron chi connectivity index (χ3n) is 3.46. The molecule has 4 nitrogen and oxygen atoms in total. The predicted octanol–water partition coefficient (Wildman–Crippen LogP) is 4.62. The maximum Gasteiger partial charge on any atom is 0.280 e. The molecule has 0 aliphatic heterocycles. The first-order chi connectivity index (χ1) is 12.6. The zero-order valence-electron chi connectivity index (χ0n) is 13.6. The first-order valence-corrected chi connectivity index (χ1v) is 9.98. The molecule has 1 aromatic heterocycles. The summed E-state index contributed by atoms with van der Waals surface area (Å²) >= 11 is 8.53. The van der Waals surface area contributed by atoms with Crippen LogP contribution in [0.4, 0.5) is 0 Å². The molecular weight excluding hydrogens is 388 g/mol. The van der Waals surface area contributed by atoms with Crippen LogP contribution in [0.25, 0.3) is 11.1 Å². The molecule has 26 heavy (non-hydrogen) atoms. The summed E-state index contributed by atoms with van der Waals surface area (Å²) in [6.07, 6.45) is 0. The molecule has 0 aliphatic rings. The number of rotatable bonds is 5. The van der Waals surface area contributed by atoms with Crippen LogP contribution in [-0.4, -0.2) is 17.6 Å². The Hall–Kier alpha value is -2.28. The zero-order chi connectivity index (χ0) is 18.4. The van der Waals surface area contributed by atoms with Crippen LogP contribution < -0.4 is 10.9 Å². The number of amides is 2. The standard InChI is InChI=1S/C19H15ClN2O2S2/c20-14-6-8-15(9-7-14)26-12-17(23)21-22-19(24)18-16(10-11-25-18)13-4-2-1-3-5-13/h1-11H,12H2,(H,21,23)(H,22,24). The molecule has 0 atom stereocenters. The van der Waals surface area contributed by atoms with E-state index in [0.717, 1.165) is 16.0 Å². The summed E-state index contributed by atoms with van der Waals surface area (Å²) in [7, 11) is 0. The van der Waals surface area contributed by atoms with Crippen molar-refractivity contribution in [1.29, 1.82) is 0 Å². The molecule has 3 aromatic rings. The molecule has 0 saturated heterocycles. The fourth-order valence-corrected chi connectivity index (χ4v) is 3.86. The monoisotopic (exact) mass is 402 g/mol. The van der Waals surface area contributed by atoms with Crippen molar-refractivity contribution in [2.75, 3.05) is 5.75 Å². The molecule has 2 N–H and O–H groups in total. The molecular formula is C19H15ClN2O2S2. The van der Waals surface area contributed by atoms with Gasteiger partial charge in [-0.1, -0.05) is 41.9 Å². The quantitative estimate of drug-likeness (QED) is 0.483. The maximum atomic E-state index is 12.4. The highest BCUT2D eigenvalue weighted by atomic mass is 35.5. The lowest BCUT2D eigenvalue weighted by Crippen LogP contribution is -2.42. The number of benzene rings is 2. The minimum Gasteiger partial charge on any atom is -0.272 e. The Morgan fingerprint density at radius 1 is 0.962 bits per heavy atom. The van der Waals surface area contributed by atoms with Crippen LogP contribution in [0.1, 0.15) is 9.67 Å². The number of carbonyl (C=O) groups is 2. The van der Waals surface area contributed by atoms with Crippen LogP contribution in [0.3, 0.4) is 0 Å². The van der Waals surface area contributed by atoms with Crippen molar-refractivity contribution in [3.8, 4) is 11.1 Å². The zero-order valence-corrected chi connectivity index (χ0v) is 16.0. The molecule has 3 rings (SSSR count). The molecule has 0 fully saturated rings. The molecule has 0 unspecified atom stereocenters. The number of hydrazine groups is 1. The van der Waals surface area contributed by atoms with E-state index in [0.29, 0.717) is 9.90 Å². The van der Waals surface area contributed by atoms with Crippen molar-refractivity contribution < 1.29 is 9.59 Å². The Morgan fingerprint density at radius 2 is 1.69 bits per heavy atom. The molecule has 0 radical (unpaired) electrons. The van der Waals surface area contributed by atoms with Crippen molar-refractivity contribution in [2.24, 2.45) is 0 Å². The number of nitrogens with one attached hydrogen (secondary N) is 2. The van der Waals surface area contributed by atoms with Gasteiger partial charge >= 0.3 is 0 Å². The van der Waals surface area contributed by atoms with Crippen LogP contribution in [0.15, 0.2) is 70.9 Å². The number of carbonyl (C=O) groups excluding carboxylic acids is 2. The van der Waals surface area contributed by atoms with E-state index in [9.17, 15) is 9.59 Å². The van der Waals surface area contributed by atoms with Gasteiger partial charge in [-0.2, -0.15) is 0 Å². The van der Waals surface area contributed by atoms with Crippen LogP contribution in [0.5, 0.6) is 0 Å². The molecule has 0 bridgehead atoms. The third-order valence-corrected chi connectivity index (χ3v) is 5.63. The van der Waals surface area contributed by atoms with Crippen molar-refractivity contribution in [3.63, 3.8) is 0 Å². The van der Waals surface area contributed by atoms with Crippen molar-refractivity contribution in [1.82, 2.24) is 10.9 Å². The second-order valence-electron chi connectivity index (χ2n) is 5.27. The predicted molar refractivity (Wildman–Crippen MR) is 108 cm³/mol. The van der Waals surface area contributed by atoms with Crippen molar-refractivity contribution >= 4 is 46.5 Å². The number of thioether (sulfide) groups is 1. The lowest BCUT2D eigenvalue weighted by molar-refractivity contribution is -0.119. The van der Waals surface area contributed by atoms with Gasteiger partial charge in [0.25, 0.3) is 5.91 Å². The molecule has 0 spiro atoms. The van der Waals surface area contributed by atoms with Crippen molar-refractivity contribution in [2.45, 2.75) is 4.90 Å². The number of hydrogen-bond donors (Lipinski definition) is 2. The van der Waals surface area contributed by atoms with Gasteiger partial charge in [0.05, 0.1) is 5.75 Å². The summed E-state index contributed by atoms with van der Waals surface area (Å²) in [5.74, 6) is -0.419. The van der Waals surface area contributed by atoms with Crippen LogP contribution in [0, 0.1) is 0 Å². The fourth-order valence-electron chi connectivity index (χ4n) is 2.23. The van der Waals surface area contributed by atoms with Gasteiger partial charge in [-0.05, 0) is 41.3 Å². The Morgan fingerprint density at radius 3 is 2.42 bits per heavy atom. The van der Waals surface area contributed by atoms with E-state index in [-0.39, 0.29) is 17.6 Å². The lowest BCUT2D eigenvalue weighted by atomic mass is 10.1. The van der Waals surface area contributed by atoms with Gasteiger partial charge in [-0.25, -0.2) is 0 Å². The fraction of sp³-hybridized carbons (Fsp3) is 0.0526. The van der Waals surface area contributed by atoms with E-state index in [4.69, 9.17) is 11.6 Å². The van der Waals surface area contributed by atoms with Crippen molar-refractivity contribution in [3.05, 3.63) is 75.9 Å². The van der Waals surface area contributed by atoms with Gasteiger partial charge in [0.1, 0.15) is 4.88 Å². The number of thiophene rings is 1. The van der Waals surface area contributed by atoms with E-state index in [1.54, 1.807) is 12.1 Å². The summed E-state index contributed by atoms with van der Waals surface area (Å²) in [6, 6.07) is 18.8. The van der Waals surface area contributed by atoms with Gasteiger partial charge in [0.15, 0.2) is 0 Å². The first-order valence-electron chi connectivity index (χ1n) is 7.74. The highest BCUT2D eigenvalue weighted by Gasteiger charge is 2.15. The molecule has 2 aromatic carbocycles. The molecule has 7 heteroatoms. The molecule has 0 aliphatic carbocycles. The largest absolute Gasteiger partial charge is 0.280 e. The number of hydrogen-bond acceptors (Lipinski definition) is 4. The minimum absolute atomic E-state index is 0.192. The van der Waals surface area contributed by atoms with Gasteiger partial charge in [0.2, 0.25) is 5.91 Å². The topological polar surface area (TPSA) is 58.2 Å². The smallest absolute Gasteiger partial charge is 0.272 e. The van der Waals surface area contributed by atoms with Crippen LogP contribution >= 0.6 is 34.7 Å². The van der Waals surface area contributed by atoms with E-state index in [1.807, 2.05) is 53.9 Å². The summed E-state index contributed by atoms with van der Waals surface area (Å²) in [6.45, 7) is 0. The van der Waals surface area contributed by atoms with Crippen LogP contribution in [-0.2, 0) is 4.79 Å². The average Bonchev–Trinajstić information content (AvgIpc) is 3.16. The summed E-state index contributed by atoms with van der Waals surface area (Å²) in [5, 5.41) is 2.51. The van der Waals surface area contributed by atoms with Gasteiger partial charge in [-0.3, -0.25) is 20.4 Å². The van der Waals surface area contributed by atoms with E-state index in [1.165, 1.54) is 23.1 Å². The van der Waals surface area contributed by atoms with E-state index >= 15 is 0 Å². The SMILES string of the molecule is O=C(CSc1ccc(Cl)cc1)NNC(=O)c1sccc1-c1ccccc1. The highest BCUT2D eigenvalue weighted by Crippen LogP contribution is 2.27. The Labute approximate surface area is 164 Å². The Kier molecular flexibility index (Phi) is 6.33. The normalized spacial score (nSPS) is 10.3. The maximum absolute atomic E-state index is 12.4. The van der Waals surface area contributed by atoms with Crippen LogP contribution in [0.2, 0.25) is 5.02 Å². The second-order valence-corrected chi connectivity index (χ2v) is 7.68. The number of halogens is 1.